The lowest BCUT2D eigenvalue weighted by Gasteiger charge is -2.30. The molecule has 1 fully saturated rings. The molecule has 47 heavy (non-hydrogen) atoms. The quantitative estimate of drug-likeness (QED) is 0.0918. The zero-order valence-electron chi connectivity index (χ0n) is 26.4. The summed E-state index contributed by atoms with van der Waals surface area (Å²) in [4.78, 5) is 24.8. The number of rotatable bonds is 18. The second kappa shape index (κ2) is 18.1. The van der Waals surface area contributed by atoms with Gasteiger partial charge in [0.05, 0.1) is 13.7 Å². The summed E-state index contributed by atoms with van der Waals surface area (Å²) in [5.74, 6) is 0.490. The molecule has 1 aliphatic rings. The van der Waals surface area contributed by atoms with Gasteiger partial charge in [-0.1, -0.05) is 25.0 Å². The summed E-state index contributed by atoms with van der Waals surface area (Å²) in [6, 6.07) is 13.5. The zero-order valence-corrected chi connectivity index (χ0v) is 26.4. The van der Waals surface area contributed by atoms with Gasteiger partial charge in [0.2, 0.25) is 11.9 Å². The van der Waals surface area contributed by atoms with E-state index in [-0.39, 0.29) is 23.8 Å². The maximum Gasteiger partial charge on any atom is 0.422 e. The minimum Gasteiger partial charge on any atom is -0.494 e. The van der Waals surface area contributed by atoms with Crippen LogP contribution in [0.5, 0.6) is 11.8 Å². The van der Waals surface area contributed by atoms with Crippen molar-refractivity contribution < 1.29 is 32.2 Å². The third kappa shape index (κ3) is 12.4. The van der Waals surface area contributed by atoms with Crippen molar-refractivity contribution in [1.82, 2.24) is 20.3 Å². The summed E-state index contributed by atoms with van der Waals surface area (Å²) in [7, 11) is 1.37. The first-order valence-corrected chi connectivity index (χ1v) is 15.8. The van der Waals surface area contributed by atoms with Crippen LogP contribution in [0.2, 0.25) is 0 Å². The molecular weight excluding hydrogens is 617 g/mol. The van der Waals surface area contributed by atoms with Gasteiger partial charge < -0.3 is 41.2 Å². The molecule has 2 heterocycles. The van der Waals surface area contributed by atoms with Gasteiger partial charge in [-0.2, -0.15) is 28.1 Å². The van der Waals surface area contributed by atoms with Gasteiger partial charge >= 0.3 is 18.2 Å². The van der Waals surface area contributed by atoms with E-state index < -0.39 is 24.8 Å². The van der Waals surface area contributed by atoms with E-state index in [1.807, 2.05) is 24.3 Å². The molecule has 2 atom stereocenters. The van der Waals surface area contributed by atoms with Gasteiger partial charge in [-0.25, -0.2) is 4.79 Å². The third-order valence-electron chi connectivity index (χ3n) is 7.45. The molecule has 0 spiro atoms. The van der Waals surface area contributed by atoms with Crippen LogP contribution in [0.4, 0.5) is 36.4 Å². The molecule has 0 aliphatic carbocycles. The molecule has 6 N–H and O–H groups in total. The summed E-state index contributed by atoms with van der Waals surface area (Å²) in [5, 5.41) is 12.6. The number of carbonyl (C=O) groups is 1. The molecule has 256 valence electrons. The number of aromatic nitrogens is 3. The van der Waals surface area contributed by atoms with Crippen LogP contribution >= 0.6 is 0 Å². The number of ether oxygens (including phenoxy) is 3. The van der Waals surface area contributed by atoms with E-state index in [0.29, 0.717) is 37.6 Å². The van der Waals surface area contributed by atoms with E-state index in [1.54, 1.807) is 24.3 Å². The van der Waals surface area contributed by atoms with Crippen molar-refractivity contribution >= 4 is 29.2 Å². The average molecular weight is 661 g/mol. The number of nitrogens with two attached hydrogens (primary N) is 1. The second-order valence-corrected chi connectivity index (χ2v) is 11.2. The number of benzene rings is 2. The minimum atomic E-state index is -4.57. The first-order chi connectivity index (χ1) is 22.7. The molecule has 1 aliphatic heterocycles. The van der Waals surface area contributed by atoms with Crippen molar-refractivity contribution in [3.8, 4) is 11.8 Å². The van der Waals surface area contributed by atoms with Crippen molar-refractivity contribution in [2.75, 3.05) is 55.9 Å². The Balaban J connectivity index is 1.38. The lowest BCUT2D eigenvalue weighted by Crippen LogP contribution is -2.45. The standard InChI is InChI=1S/C32H43F3N8O4/c1-45-28(44)27(23-7-6-17-37-20-23)39-24-10-12-25(13-11-24)40-30-41-29(42-31(43-30)47-21-32(33,34)35)38-19-22-8-14-26(15-9-22)46-18-5-3-2-4-16-36/h8-15,23,27,37,39H,2-7,16-21,36H2,1H3,(H2,38,40,41,42,43). The number of alkyl halides is 3. The molecule has 12 nitrogen and oxygen atoms in total. The van der Waals surface area contributed by atoms with Crippen LogP contribution < -0.4 is 36.5 Å². The van der Waals surface area contributed by atoms with Crippen molar-refractivity contribution in [3.05, 3.63) is 54.1 Å². The number of hydrogen-bond acceptors (Lipinski definition) is 12. The Morgan fingerprint density at radius 2 is 1.70 bits per heavy atom. The van der Waals surface area contributed by atoms with Crippen LogP contribution in [-0.4, -0.2) is 73.1 Å². The van der Waals surface area contributed by atoms with Crippen molar-refractivity contribution in [2.45, 2.75) is 57.3 Å². The number of unbranched alkanes of at least 4 members (excludes halogenated alkanes) is 3. The number of carbonyl (C=O) groups excluding carboxylic acids is 1. The van der Waals surface area contributed by atoms with Gasteiger partial charge in [0, 0.05) is 30.4 Å². The van der Waals surface area contributed by atoms with E-state index in [2.05, 4.69) is 36.2 Å². The third-order valence-corrected chi connectivity index (χ3v) is 7.45. The van der Waals surface area contributed by atoms with E-state index in [1.165, 1.54) is 7.11 Å². The van der Waals surface area contributed by atoms with Crippen LogP contribution in [0, 0.1) is 5.92 Å². The number of piperidine rings is 1. The SMILES string of the molecule is COC(=O)C(Nc1ccc(Nc2nc(NCc3ccc(OCCCCCCN)cc3)nc(OCC(F)(F)F)n2)cc1)C1CCCNC1. The van der Waals surface area contributed by atoms with Gasteiger partial charge in [-0.05, 0) is 80.7 Å². The number of nitrogens with zero attached hydrogens (tertiary/aromatic N) is 3. The first-order valence-electron chi connectivity index (χ1n) is 15.8. The highest BCUT2D eigenvalue weighted by Crippen LogP contribution is 2.24. The lowest BCUT2D eigenvalue weighted by atomic mass is 9.91. The fraction of sp³-hybridized carbons (Fsp3) is 0.500. The largest absolute Gasteiger partial charge is 0.494 e. The first kappa shape index (κ1) is 35.5. The minimum absolute atomic E-state index is 0.0173. The van der Waals surface area contributed by atoms with Gasteiger partial charge in [0.25, 0.3) is 0 Å². The highest BCUT2D eigenvalue weighted by Gasteiger charge is 2.31. The molecule has 0 saturated carbocycles. The molecule has 2 aromatic carbocycles. The van der Waals surface area contributed by atoms with Crippen molar-refractivity contribution in [3.63, 3.8) is 0 Å². The van der Waals surface area contributed by atoms with Gasteiger partial charge in [0.15, 0.2) is 6.61 Å². The number of halogens is 3. The fourth-order valence-corrected chi connectivity index (χ4v) is 4.99. The molecule has 0 amide bonds. The average Bonchev–Trinajstić information content (AvgIpc) is 3.08. The molecule has 1 saturated heterocycles. The van der Waals surface area contributed by atoms with Crippen LogP contribution in [0.15, 0.2) is 48.5 Å². The molecule has 15 heteroatoms. The van der Waals surface area contributed by atoms with E-state index in [0.717, 1.165) is 56.4 Å². The molecule has 0 radical (unpaired) electrons. The van der Waals surface area contributed by atoms with Crippen LogP contribution in [0.3, 0.4) is 0 Å². The lowest BCUT2D eigenvalue weighted by molar-refractivity contribution is -0.154. The Hall–Kier alpha value is -4.37. The number of anilines is 4. The molecule has 0 bridgehead atoms. The number of nitrogens with one attached hydrogen (secondary N) is 4. The molecular formula is C32H43F3N8O4. The van der Waals surface area contributed by atoms with E-state index >= 15 is 0 Å². The summed E-state index contributed by atoms with van der Waals surface area (Å²) in [6.07, 6.45) is 1.41. The summed E-state index contributed by atoms with van der Waals surface area (Å²) >= 11 is 0. The predicted octanol–water partition coefficient (Wildman–Crippen LogP) is 5.02. The topological polar surface area (TPSA) is 158 Å². The Labute approximate surface area is 272 Å². The highest BCUT2D eigenvalue weighted by atomic mass is 19.4. The Kier molecular flexibility index (Phi) is 13.7. The Morgan fingerprint density at radius 3 is 2.38 bits per heavy atom. The normalized spacial score (nSPS) is 15.4. The monoisotopic (exact) mass is 660 g/mol. The summed E-state index contributed by atoms with van der Waals surface area (Å²) in [6.45, 7) is 1.68. The van der Waals surface area contributed by atoms with E-state index in [9.17, 15) is 18.0 Å². The van der Waals surface area contributed by atoms with Gasteiger partial charge in [0.1, 0.15) is 11.8 Å². The number of esters is 1. The van der Waals surface area contributed by atoms with Gasteiger partial charge in [-0.3, -0.25) is 0 Å². The highest BCUT2D eigenvalue weighted by molar-refractivity contribution is 5.80. The summed E-state index contributed by atoms with van der Waals surface area (Å²) < 4.78 is 54.3. The zero-order chi connectivity index (χ0) is 33.5. The van der Waals surface area contributed by atoms with Gasteiger partial charge in [-0.15, -0.1) is 0 Å². The Morgan fingerprint density at radius 1 is 0.979 bits per heavy atom. The molecule has 2 unspecified atom stereocenters. The fourth-order valence-electron chi connectivity index (χ4n) is 4.99. The van der Waals surface area contributed by atoms with Crippen molar-refractivity contribution in [1.29, 1.82) is 0 Å². The molecule has 3 aromatic rings. The van der Waals surface area contributed by atoms with Crippen LogP contribution in [0.25, 0.3) is 0 Å². The smallest absolute Gasteiger partial charge is 0.422 e. The maximum atomic E-state index is 12.9. The second-order valence-electron chi connectivity index (χ2n) is 11.2. The van der Waals surface area contributed by atoms with Crippen molar-refractivity contribution in [2.24, 2.45) is 11.7 Å². The predicted molar refractivity (Wildman–Crippen MR) is 173 cm³/mol. The van der Waals surface area contributed by atoms with Crippen LogP contribution in [-0.2, 0) is 16.1 Å². The maximum absolute atomic E-state index is 12.9. The Bertz CT molecular complexity index is 1370. The molecule has 4 rings (SSSR count). The number of hydrogen-bond donors (Lipinski definition) is 5. The molecule has 1 aromatic heterocycles. The summed E-state index contributed by atoms with van der Waals surface area (Å²) in [5.41, 5.74) is 7.65. The van der Waals surface area contributed by atoms with E-state index in [4.69, 9.17) is 19.9 Å². The number of methoxy groups -OCH3 is 1. The van der Waals surface area contributed by atoms with Crippen LogP contribution in [0.1, 0.15) is 44.1 Å².